The monoisotopic (exact) mass is 251 g/mol. The second kappa shape index (κ2) is 6.14. The summed E-state index contributed by atoms with van der Waals surface area (Å²) in [6, 6.07) is 4.43. The molecule has 1 aromatic carbocycles. The fourth-order valence-electron chi connectivity index (χ4n) is 1.83. The Hall–Kier alpha value is -1.91. The number of ether oxygens (including phenoxy) is 1. The summed E-state index contributed by atoms with van der Waals surface area (Å²) < 4.78 is 5.16. The third-order valence-corrected chi connectivity index (χ3v) is 2.90. The first-order chi connectivity index (χ1) is 8.49. The lowest BCUT2D eigenvalue weighted by Gasteiger charge is -2.12. The molecule has 0 aliphatic carbocycles. The molecule has 1 unspecified atom stereocenters. The van der Waals surface area contributed by atoms with Crippen molar-refractivity contribution in [2.45, 2.75) is 26.7 Å². The summed E-state index contributed by atoms with van der Waals surface area (Å²) in [5.74, 6) is 0.561. The molecule has 0 saturated heterocycles. The van der Waals surface area contributed by atoms with Crippen molar-refractivity contribution in [3.63, 3.8) is 0 Å². The number of nitro groups is 1. The Morgan fingerprint density at radius 3 is 2.67 bits per heavy atom. The van der Waals surface area contributed by atoms with Crippen LogP contribution in [-0.2, 0) is 11.2 Å². The van der Waals surface area contributed by atoms with E-state index in [2.05, 4.69) is 0 Å². The third-order valence-electron chi connectivity index (χ3n) is 2.90. The largest absolute Gasteiger partial charge is 0.496 e. The van der Waals surface area contributed by atoms with Crippen molar-refractivity contribution in [3.05, 3.63) is 33.9 Å². The molecular weight excluding hydrogens is 234 g/mol. The van der Waals surface area contributed by atoms with E-state index in [1.807, 2.05) is 13.8 Å². The second-order valence-corrected chi connectivity index (χ2v) is 4.18. The lowest BCUT2D eigenvalue weighted by Crippen LogP contribution is -2.13. The molecule has 5 heteroatoms. The number of hydrogen-bond donors (Lipinski definition) is 0. The number of nitro benzene ring substituents is 1. The van der Waals surface area contributed by atoms with Crippen LogP contribution in [0.15, 0.2) is 18.2 Å². The van der Waals surface area contributed by atoms with E-state index >= 15 is 0 Å². The van der Waals surface area contributed by atoms with Crippen molar-refractivity contribution in [2.24, 2.45) is 5.92 Å². The molecular formula is C13H17NO4. The van der Waals surface area contributed by atoms with Crippen molar-refractivity contribution in [1.82, 2.24) is 0 Å². The highest BCUT2D eigenvalue weighted by Crippen LogP contribution is 2.26. The van der Waals surface area contributed by atoms with Crippen molar-refractivity contribution >= 4 is 11.5 Å². The van der Waals surface area contributed by atoms with Gasteiger partial charge in [-0.3, -0.25) is 14.9 Å². The van der Waals surface area contributed by atoms with Crippen molar-refractivity contribution in [2.75, 3.05) is 7.11 Å². The summed E-state index contributed by atoms with van der Waals surface area (Å²) in [5, 5.41) is 10.7. The van der Waals surface area contributed by atoms with Gasteiger partial charge in [0.05, 0.1) is 12.0 Å². The summed E-state index contributed by atoms with van der Waals surface area (Å²) >= 11 is 0. The van der Waals surface area contributed by atoms with Crippen LogP contribution in [0, 0.1) is 16.0 Å². The van der Waals surface area contributed by atoms with Crippen LogP contribution in [0.1, 0.15) is 25.8 Å². The smallest absolute Gasteiger partial charge is 0.269 e. The van der Waals surface area contributed by atoms with Gasteiger partial charge in [-0.15, -0.1) is 0 Å². The minimum Gasteiger partial charge on any atom is -0.496 e. The van der Waals surface area contributed by atoms with Crippen LogP contribution in [0.2, 0.25) is 0 Å². The van der Waals surface area contributed by atoms with E-state index in [1.165, 1.54) is 19.2 Å². The van der Waals surface area contributed by atoms with E-state index in [1.54, 1.807) is 6.07 Å². The van der Waals surface area contributed by atoms with Gasteiger partial charge in [0, 0.05) is 30.0 Å². The highest BCUT2D eigenvalue weighted by Gasteiger charge is 2.17. The van der Waals surface area contributed by atoms with Crippen LogP contribution in [-0.4, -0.2) is 17.8 Å². The molecule has 0 spiro atoms. The average molecular weight is 251 g/mol. The maximum atomic E-state index is 11.6. The zero-order valence-corrected chi connectivity index (χ0v) is 10.8. The Morgan fingerprint density at radius 1 is 1.50 bits per heavy atom. The lowest BCUT2D eigenvalue weighted by atomic mass is 9.95. The molecule has 0 radical (unpaired) electrons. The Bertz CT molecular complexity index is 456. The second-order valence-electron chi connectivity index (χ2n) is 4.18. The molecule has 1 rings (SSSR count). The van der Waals surface area contributed by atoms with Crippen LogP contribution in [0.25, 0.3) is 0 Å². The van der Waals surface area contributed by atoms with Gasteiger partial charge in [0.2, 0.25) is 0 Å². The van der Waals surface area contributed by atoms with E-state index < -0.39 is 4.92 Å². The Labute approximate surface area is 106 Å². The number of Topliss-reactive ketones (excluding diaryl/α,β-unsaturated/α-hetero) is 1. The van der Waals surface area contributed by atoms with Gasteiger partial charge >= 0.3 is 0 Å². The summed E-state index contributed by atoms with van der Waals surface area (Å²) in [5.41, 5.74) is 0.711. The van der Waals surface area contributed by atoms with Crippen molar-refractivity contribution < 1.29 is 14.5 Å². The van der Waals surface area contributed by atoms with E-state index in [4.69, 9.17) is 4.74 Å². The SMILES string of the molecule is CCC(=O)C(C)Cc1cc([N+](=O)[O-])ccc1OC. The molecule has 0 aliphatic rings. The van der Waals surface area contributed by atoms with Crippen LogP contribution >= 0.6 is 0 Å². The topological polar surface area (TPSA) is 69.4 Å². The fourth-order valence-corrected chi connectivity index (χ4v) is 1.83. The van der Waals surface area contributed by atoms with Crippen molar-refractivity contribution in [3.8, 4) is 5.75 Å². The number of nitrogens with zero attached hydrogens (tertiary/aromatic N) is 1. The fraction of sp³-hybridized carbons (Fsp3) is 0.462. The van der Waals surface area contributed by atoms with E-state index in [0.29, 0.717) is 24.2 Å². The molecule has 0 aliphatic heterocycles. The minimum atomic E-state index is -0.449. The molecule has 0 aromatic heterocycles. The van der Waals surface area contributed by atoms with Crippen LogP contribution in [0.3, 0.4) is 0 Å². The minimum absolute atomic E-state index is 0.0157. The van der Waals surface area contributed by atoms with Crippen LogP contribution in [0.4, 0.5) is 5.69 Å². The molecule has 0 bridgehead atoms. The maximum Gasteiger partial charge on any atom is 0.269 e. The first-order valence-corrected chi connectivity index (χ1v) is 5.83. The van der Waals surface area contributed by atoms with Crippen LogP contribution in [0.5, 0.6) is 5.75 Å². The summed E-state index contributed by atoms with van der Waals surface area (Å²) in [7, 11) is 1.51. The summed E-state index contributed by atoms with van der Waals surface area (Å²) in [4.78, 5) is 21.8. The number of carbonyl (C=O) groups excluding carboxylic acids is 1. The number of benzene rings is 1. The Morgan fingerprint density at radius 2 is 2.17 bits per heavy atom. The van der Waals surface area contributed by atoms with Gasteiger partial charge in [-0.05, 0) is 12.5 Å². The van der Waals surface area contributed by atoms with Crippen LogP contribution < -0.4 is 4.74 Å². The molecule has 0 heterocycles. The molecule has 0 fully saturated rings. The molecule has 1 aromatic rings. The molecule has 0 amide bonds. The number of carbonyl (C=O) groups is 1. The maximum absolute atomic E-state index is 11.6. The van der Waals surface area contributed by atoms with Gasteiger partial charge in [0.1, 0.15) is 11.5 Å². The van der Waals surface area contributed by atoms with Gasteiger partial charge in [-0.2, -0.15) is 0 Å². The first kappa shape index (κ1) is 14.2. The standard InChI is InChI=1S/C13H17NO4/c1-4-12(15)9(2)7-10-8-11(14(16)17)5-6-13(10)18-3/h5-6,8-9H,4,7H2,1-3H3. The normalized spacial score (nSPS) is 11.9. The number of non-ortho nitro benzene ring substituents is 1. The lowest BCUT2D eigenvalue weighted by molar-refractivity contribution is -0.384. The highest BCUT2D eigenvalue weighted by atomic mass is 16.6. The highest BCUT2D eigenvalue weighted by molar-refractivity contribution is 5.80. The first-order valence-electron chi connectivity index (χ1n) is 5.83. The molecule has 18 heavy (non-hydrogen) atoms. The Balaban J connectivity index is 3.01. The molecule has 0 saturated carbocycles. The third kappa shape index (κ3) is 3.29. The average Bonchev–Trinajstić information content (AvgIpc) is 2.37. The van der Waals surface area contributed by atoms with Gasteiger partial charge < -0.3 is 4.74 Å². The molecule has 0 N–H and O–H groups in total. The Kier molecular flexibility index (Phi) is 4.83. The number of rotatable bonds is 6. The van der Waals surface area contributed by atoms with E-state index in [0.717, 1.165) is 0 Å². The predicted molar refractivity (Wildman–Crippen MR) is 67.8 cm³/mol. The van der Waals surface area contributed by atoms with Crippen molar-refractivity contribution in [1.29, 1.82) is 0 Å². The molecule has 1 atom stereocenters. The zero-order valence-electron chi connectivity index (χ0n) is 10.8. The van der Waals surface area contributed by atoms with Gasteiger partial charge in [0.25, 0.3) is 5.69 Å². The summed E-state index contributed by atoms with van der Waals surface area (Å²) in [6.45, 7) is 3.63. The zero-order chi connectivity index (χ0) is 13.7. The quantitative estimate of drug-likeness (QED) is 0.575. The molecule has 5 nitrogen and oxygen atoms in total. The number of methoxy groups -OCH3 is 1. The van der Waals surface area contributed by atoms with Gasteiger partial charge in [-0.25, -0.2) is 0 Å². The number of hydrogen-bond acceptors (Lipinski definition) is 4. The predicted octanol–water partition coefficient (Wildman–Crippen LogP) is 2.76. The van der Waals surface area contributed by atoms with E-state index in [9.17, 15) is 14.9 Å². The van der Waals surface area contributed by atoms with Gasteiger partial charge in [-0.1, -0.05) is 13.8 Å². The van der Waals surface area contributed by atoms with Gasteiger partial charge in [0.15, 0.2) is 0 Å². The van der Waals surface area contributed by atoms with E-state index in [-0.39, 0.29) is 17.4 Å². The summed E-state index contributed by atoms with van der Waals surface area (Å²) in [6.07, 6.45) is 0.927. The molecule has 98 valence electrons. The number of ketones is 1.